The van der Waals surface area contributed by atoms with E-state index in [0.29, 0.717) is 19.6 Å². The van der Waals surface area contributed by atoms with Gasteiger partial charge in [0, 0.05) is 52.1 Å². The molecule has 29 heavy (non-hydrogen) atoms. The van der Waals surface area contributed by atoms with Crippen molar-refractivity contribution in [1.82, 2.24) is 15.5 Å². The van der Waals surface area contributed by atoms with E-state index in [1.807, 2.05) is 0 Å². The maximum atomic E-state index is 11.6. The standard InChI is InChI=1S/C22H35N5O2/c1-3-23-22(26(2)12-8-18-9-14-29-15-10-18)25-16-19-4-6-20(7-5-19)27-13-11-24-21(28)17-27/h4-7,18H,3,8-17H2,1-2H3,(H,23,25)(H,24,28). The summed E-state index contributed by atoms with van der Waals surface area (Å²) in [6, 6.07) is 8.39. The van der Waals surface area contributed by atoms with E-state index in [-0.39, 0.29) is 5.91 Å². The first kappa shape index (κ1) is 21.4. The zero-order chi connectivity index (χ0) is 20.5. The SMILES string of the molecule is CCNC(=NCc1ccc(N2CCNC(=O)C2)cc1)N(C)CCC1CCOCC1. The number of aliphatic imine (C=N–C) groups is 1. The van der Waals surface area contributed by atoms with Crippen molar-refractivity contribution in [3.05, 3.63) is 29.8 Å². The molecule has 1 aromatic carbocycles. The molecule has 2 heterocycles. The number of amides is 1. The van der Waals surface area contributed by atoms with E-state index in [1.54, 1.807) is 0 Å². The number of piperazine rings is 1. The monoisotopic (exact) mass is 401 g/mol. The number of nitrogens with one attached hydrogen (secondary N) is 2. The normalized spacial score (nSPS) is 18.5. The number of anilines is 1. The van der Waals surface area contributed by atoms with Crippen LogP contribution in [0.25, 0.3) is 0 Å². The number of nitrogens with zero attached hydrogens (tertiary/aromatic N) is 3. The average molecular weight is 402 g/mol. The van der Waals surface area contributed by atoms with Crippen LogP contribution in [-0.2, 0) is 16.1 Å². The Morgan fingerprint density at radius 1 is 1.31 bits per heavy atom. The van der Waals surface area contributed by atoms with Gasteiger partial charge in [0.05, 0.1) is 13.1 Å². The van der Waals surface area contributed by atoms with E-state index in [9.17, 15) is 4.79 Å². The summed E-state index contributed by atoms with van der Waals surface area (Å²) in [7, 11) is 2.12. The highest BCUT2D eigenvalue weighted by Crippen LogP contribution is 2.19. The quantitative estimate of drug-likeness (QED) is 0.539. The molecule has 0 radical (unpaired) electrons. The lowest BCUT2D eigenvalue weighted by atomic mass is 9.96. The lowest BCUT2D eigenvalue weighted by Gasteiger charge is -2.28. The Morgan fingerprint density at radius 3 is 2.76 bits per heavy atom. The van der Waals surface area contributed by atoms with Crippen LogP contribution in [-0.4, -0.2) is 69.8 Å². The minimum Gasteiger partial charge on any atom is -0.381 e. The number of rotatable bonds is 7. The van der Waals surface area contributed by atoms with Gasteiger partial charge in [-0.25, -0.2) is 4.99 Å². The van der Waals surface area contributed by atoms with Crippen LogP contribution in [0.4, 0.5) is 5.69 Å². The van der Waals surface area contributed by atoms with E-state index in [2.05, 4.69) is 58.7 Å². The fraction of sp³-hybridized carbons (Fsp3) is 0.636. The third-order valence-corrected chi connectivity index (χ3v) is 5.66. The second-order valence-corrected chi connectivity index (χ2v) is 7.87. The number of ether oxygens (including phenoxy) is 1. The molecule has 0 atom stereocenters. The Kier molecular flexibility index (Phi) is 8.16. The molecule has 0 saturated carbocycles. The van der Waals surface area contributed by atoms with Gasteiger partial charge in [-0.15, -0.1) is 0 Å². The van der Waals surface area contributed by atoms with Crippen LogP contribution in [0.1, 0.15) is 31.7 Å². The summed E-state index contributed by atoms with van der Waals surface area (Å²) in [5.41, 5.74) is 2.26. The van der Waals surface area contributed by atoms with Gasteiger partial charge in [0.1, 0.15) is 0 Å². The third-order valence-electron chi connectivity index (χ3n) is 5.66. The van der Waals surface area contributed by atoms with E-state index in [1.165, 1.54) is 24.8 Å². The van der Waals surface area contributed by atoms with Gasteiger partial charge in [0.2, 0.25) is 5.91 Å². The first-order valence-corrected chi connectivity index (χ1v) is 10.8. The Labute approximate surface area is 174 Å². The van der Waals surface area contributed by atoms with Crippen molar-refractivity contribution in [2.24, 2.45) is 10.9 Å². The van der Waals surface area contributed by atoms with Crippen LogP contribution in [0, 0.1) is 5.92 Å². The maximum absolute atomic E-state index is 11.6. The smallest absolute Gasteiger partial charge is 0.239 e. The number of guanidine groups is 1. The van der Waals surface area contributed by atoms with Gasteiger partial charge in [-0.2, -0.15) is 0 Å². The number of carbonyl (C=O) groups is 1. The van der Waals surface area contributed by atoms with E-state index < -0.39 is 0 Å². The average Bonchev–Trinajstić information content (AvgIpc) is 2.76. The van der Waals surface area contributed by atoms with Gasteiger partial charge in [-0.3, -0.25) is 4.79 Å². The van der Waals surface area contributed by atoms with Crippen molar-refractivity contribution in [2.45, 2.75) is 32.7 Å². The van der Waals surface area contributed by atoms with E-state index >= 15 is 0 Å². The Hall–Kier alpha value is -2.28. The van der Waals surface area contributed by atoms with Crippen LogP contribution in [0.3, 0.4) is 0 Å². The highest BCUT2D eigenvalue weighted by Gasteiger charge is 2.17. The summed E-state index contributed by atoms with van der Waals surface area (Å²) < 4.78 is 5.46. The van der Waals surface area contributed by atoms with Crippen LogP contribution >= 0.6 is 0 Å². The molecule has 160 valence electrons. The first-order chi connectivity index (χ1) is 14.2. The molecule has 2 N–H and O–H groups in total. The third kappa shape index (κ3) is 6.63. The molecule has 2 aliphatic rings. The molecular weight excluding hydrogens is 366 g/mol. The van der Waals surface area contributed by atoms with Crippen molar-refractivity contribution in [1.29, 1.82) is 0 Å². The lowest BCUT2D eigenvalue weighted by molar-refractivity contribution is -0.120. The number of hydrogen-bond acceptors (Lipinski definition) is 4. The Morgan fingerprint density at radius 2 is 2.07 bits per heavy atom. The first-order valence-electron chi connectivity index (χ1n) is 10.8. The summed E-state index contributed by atoms with van der Waals surface area (Å²) in [6.07, 6.45) is 3.53. The minimum atomic E-state index is 0.0870. The van der Waals surface area contributed by atoms with Crippen LogP contribution in [0.2, 0.25) is 0 Å². The van der Waals surface area contributed by atoms with Crippen molar-refractivity contribution < 1.29 is 9.53 Å². The van der Waals surface area contributed by atoms with E-state index in [4.69, 9.17) is 9.73 Å². The van der Waals surface area contributed by atoms with Crippen LogP contribution in [0.15, 0.2) is 29.3 Å². The van der Waals surface area contributed by atoms with Crippen molar-refractivity contribution in [2.75, 3.05) is 57.9 Å². The fourth-order valence-electron chi connectivity index (χ4n) is 3.82. The van der Waals surface area contributed by atoms with Gasteiger partial charge in [0.25, 0.3) is 0 Å². The molecule has 2 aliphatic heterocycles. The Bertz CT molecular complexity index is 670. The fourth-order valence-corrected chi connectivity index (χ4v) is 3.82. The summed E-state index contributed by atoms with van der Waals surface area (Å²) in [6.45, 7) is 8.41. The largest absolute Gasteiger partial charge is 0.381 e. The molecule has 7 heteroatoms. The summed E-state index contributed by atoms with van der Waals surface area (Å²) in [5, 5.41) is 6.27. The molecule has 0 bridgehead atoms. The number of hydrogen-bond donors (Lipinski definition) is 2. The van der Waals surface area contributed by atoms with Gasteiger partial charge in [-0.1, -0.05) is 12.1 Å². The van der Waals surface area contributed by atoms with Gasteiger partial charge in [0.15, 0.2) is 5.96 Å². The van der Waals surface area contributed by atoms with Crippen LogP contribution in [0.5, 0.6) is 0 Å². The second kappa shape index (κ2) is 11.0. The number of benzene rings is 1. The maximum Gasteiger partial charge on any atom is 0.239 e. The van der Waals surface area contributed by atoms with Crippen LogP contribution < -0.4 is 15.5 Å². The molecule has 0 unspecified atom stereocenters. The Balaban J connectivity index is 1.53. The van der Waals surface area contributed by atoms with Gasteiger partial charge < -0.3 is 25.2 Å². The van der Waals surface area contributed by atoms with Gasteiger partial charge in [-0.05, 0) is 49.8 Å². The lowest BCUT2D eigenvalue weighted by Crippen LogP contribution is -2.47. The van der Waals surface area contributed by atoms with Crippen molar-refractivity contribution in [3.8, 4) is 0 Å². The highest BCUT2D eigenvalue weighted by molar-refractivity contribution is 5.82. The molecule has 1 amide bonds. The predicted molar refractivity (Wildman–Crippen MR) is 117 cm³/mol. The molecule has 3 rings (SSSR count). The molecule has 2 fully saturated rings. The van der Waals surface area contributed by atoms with E-state index in [0.717, 1.165) is 50.4 Å². The zero-order valence-corrected chi connectivity index (χ0v) is 17.8. The molecule has 0 spiro atoms. The van der Waals surface area contributed by atoms with Gasteiger partial charge >= 0.3 is 0 Å². The summed E-state index contributed by atoms with van der Waals surface area (Å²) in [5.74, 6) is 1.80. The minimum absolute atomic E-state index is 0.0870. The molecular formula is C22H35N5O2. The number of carbonyl (C=O) groups excluding carboxylic acids is 1. The van der Waals surface area contributed by atoms with Crippen molar-refractivity contribution >= 4 is 17.6 Å². The predicted octanol–water partition coefficient (Wildman–Crippen LogP) is 1.84. The molecule has 2 saturated heterocycles. The second-order valence-electron chi connectivity index (χ2n) is 7.87. The highest BCUT2D eigenvalue weighted by atomic mass is 16.5. The molecule has 1 aromatic rings. The molecule has 0 aromatic heterocycles. The zero-order valence-electron chi connectivity index (χ0n) is 17.8. The topological polar surface area (TPSA) is 69.2 Å². The van der Waals surface area contributed by atoms with Crippen molar-refractivity contribution in [3.63, 3.8) is 0 Å². The molecule has 7 nitrogen and oxygen atoms in total. The summed E-state index contributed by atoms with van der Waals surface area (Å²) >= 11 is 0. The molecule has 0 aliphatic carbocycles. The summed E-state index contributed by atoms with van der Waals surface area (Å²) in [4.78, 5) is 20.8.